The molecule has 1 aromatic heterocycles. The first-order chi connectivity index (χ1) is 8.02. The van der Waals surface area contributed by atoms with Gasteiger partial charge in [-0.2, -0.15) is 5.10 Å². The monoisotopic (exact) mass is 256 g/mol. The third-order valence-electron chi connectivity index (χ3n) is 3.70. The molecule has 0 aliphatic carbocycles. The van der Waals surface area contributed by atoms with Crippen molar-refractivity contribution in [1.29, 1.82) is 0 Å². The summed E-state index contributed by atoms with van der Waals surface area (Å²) in [7, 11) is -2.78. The minimum absolute atomic E-state index is 0.260. The third-order valence-corrected chi connectivity index (χ3v) is 5.42. The summed E-state index contributed by atoms with van der Waals surface area (Å²) < 4.78 is 24.7. The van der Waals surface area contributed by atoms with Crippen LogP contribution in [0.15, 0.2) is 12.4 Å². The van der Waals surface area contributed by atoms with Gasteiger partial charge in [-0.25, -0.2) is 8.42 Å². The molecular formula is C12H20N2O2S. The molecule has 0 saturated carbocycles. The molecule has 1 aliphatic rings. The first-order valence-corrected chi connectivity index (χ1v) is 8.08. The molecule has 1 saturated heterocycles. The van der Waals surface area contributed by atoms with Gasteiger partial charge in [0.15, 0.2) is 0 Å². The Hall–Kier alpha value is -0.840. The highest BCUT2D eigenvalue weighted by atomic mass is 32.2. The van der Waals surface area contributed by atoms with Crippen molar-refractivity contribution in [3.63, 3.8) is 0 Å². The van der Waals surface area contributed by atoms with Crippen LogP contribution in [0, 0.1) is 0 Å². The van der Waals surface area contributed by atoms with Crippen molar-refractivity contribution in [2.45, 2.75) is 45.1 Å². The molecule has 0 spiro atoms. The van der Waals surface area contributed by atoms with E-state index in [1.54, 1.807) is 0 Å². The van der Waals surface area contributed by atoms with Crippen molar-refractivity contribution in [3.05, 3.63) is 18.0 Å². The lowest BCUT2D eigenvalue weighted by Gasteiger charge is -2.22. The average molecular weight is 256 g/mol. The maximum atomic E-state index is 11.4. The molecule has 5 heteroatoms. The summed E-state index contributed by atoms with van der Waals surface area (Å²) in [5, 5.41) is 4.38. The van der Waals surface area contributed by atoms with Crippen LogP contribution in [0.2, 0.25) is 0 Å². The first-order valence-electron chi connectivity index (χ1n) is 6.26. The smallest absolute Gasteiger partial charge is 0.150 e. The number of sulfone groups is 1. The number of rotatable bonds is 3. The van der Waals surface area contributed by atoms with Gasteiger partial charge in [0.25, 0.3) is 0 Å². The second kappa shape index (κ2) is 4.80. The molecule has 0 N–H and O–H groups in total. The molecule has 1 atom stereocenters. The fourth-order valence-electron chi connectivity index (χ4n) is 2.18. The van der Waals surface area contributed by atoms with Gasteiger partial charge in [0.05, 0.1) is 23.7 Å². The Morgan fingerprint density at radius 2 is 2.12 bits per heavy atom. The van der Waals surface area contributed by atoms with Gasteiger partial charge in [0, 0.05) is 6.20 Å². The van der Waals surface area contributed by atoms with Crippen LogP contribution in [0.25, 0.3) is 0 Å². The molecule has 96 valence electrons. The molecule has 0 radical (unpaired) electrons. The molecule has 1 fully saturated rings. The Balaban J connectivity index is 2.06. The molecule has 2 heterocycles. The Bertz CT molecular complexity index is 464. The van der Waals surface area contributed by atoms with Crippen LogP contribution in [0.4, 0.5) is 0 Å². The lowest BCUT2D eigenvalue weighted by molar-refractivity contribution is 0.413. The summed E-state index contributed by atoms with van der Waals surface area (Å²) in [6.45, 7) is 4.35. The lowest BCUT2D eigenvalue weighted by Crippen LogP contribution is -2.25. The third kappa shape index (κ3) is 2.89. The van der Waals surface area contributed by atoms with Crippen LogP contribution in [-0.2, 0) is 9.84 Å². The quantitative estimate of drug-likeness (QED) is 0.832. The van der Waals surface area contributed by atoms with Gasteiger partial charge >= 0.3 is 0 Å². The van der Waals surface area contributed by atoms with Crippen LogP contribution in [0.1, 0.15) is 50.6 Å². The largest absolute Gasteiger partial charge is 0.269 e. The van der Waals surface area contributed by atoms with Gasteiger partial charge in [0.1, 0.15) is 9.84 Å². The SMILES string of the molecule is CC[C@@H](C)c1cnn(C2CCS(=O)(=O)CC2)c1. The van der Waals surface area contributed by atoms with Gasteiger partial charge in [-0.15, -0.1) is 0 Å². The number of hydrogen-bond donors (Lipinski definition) is 0. The van der Waals surface area contributed by atoms with Crippen LogP contribution < -0.4 is 0 Å². The molecule has 2 rings (SSSR count). The van der Waals surface area contributed by atoms with E-state index >= 15 is 0 Å². The predicted octanol–water partition coefficient (Wildman–Crippen LogP) is 2.15. The van der Waals surface area contributed by atoms with Gasteiger partial charge in [0.2, 0.25) is 0 Å². The molecule has 0 bridgehead atoms. The molecule has 0 amide bonds. The Kier molecular flexibility index (Phi) is 3.56. The van der Waals surface area contributed by atoms with E-state index in [0.29, 0.717) is 30.3 Å². The normalized spacial score (nSPS) is 22.5. The fraction of sp³-hybridized carbons (Fsp3) is 0.750. The molecule has 0 aromatic carbocycles. The van der Waals surface area contributed by atoms with Gasteiger partial charge in [-0.3, -0.25) is 4.68 Å². The van der Waals surface area contributed by atoms with Crippen LogP contribution in [0.5, 0.6) is 0 Å². The van der Waals surface area contributed by atoms with Gasteiger partial charge in [-0.1, -0.05) is 13.8 Å². The lowest BCUT2D eigenvalue weighted by atomic mass is 10.0. The molecule has 4 nitrogen and oxygen atoms in total. The van der Waals surface area contributed by atoms with Gasteiger partial charge < -0.3 is 0 Å². The minimum atomic E-state index is -2.78. The van der Waals surface area contributed by atoms with Crippen molar-refractivity contribution in [3.8, 4) is 0 Å². The zero-order chi connectivity index (χ0) is 12.5. The summed E-state index contributed by atoms with van der Waals surface area (Å²) in [6.07, 6.45) is 6.49. The highest BCUT2D eigenvalue weighted by molar-refractivity contribution is 7.91. The Labute approximate surface area is 103 Å². The highest BCUT2D eigenvalue weighted by Crippen LogP contribution is 2.25. The van der Waals surface area contributed by atoms with E-state index in [9.17, 15) is 8.42 Å². The van der Waals surface area contributed by atoms with E-state index in [2.05, 4.69) is 25.1 Å². The van der Waals surface area contributed by atoms with E-state index in [4.69, 9.17) is 0 Å². The predicted molar refractivity (Wildman–Crippen MR) is 67.9 cm³/mol. The molecule has 17 heavy (non-hydrogen) atoms. The van der Waals surface area contributed by atoms with Crippen LogP contribution in [-0.4, -0.2) is 29.7 Å². The first kappa shape index (κ1) is 12.6. The maximum Gasteiger partial charge on any atom is 0.150 e. The summed E-state index contributed by atoms with van der Waals surface area (Å²) >= 11 is 0. The summed E-state index contributed by atoms with van der Waals surface area (Å²) in [5.41, 5.74) is 1.25. The van der Waals surface area contributed by atoms with E-state index < -0.39 is 9.84 Å². The second-order valence-corrected chi connectivity index (χ2v) is 7.25. The van der Waals surface area contributed by atoms with Crippen LogP contribution in [0.3, 0.4) is 0 Å². The van der Waals surface area contributed by atoms with Crippen molar-refractivity contribution >= 4 is 9.84 Å². The van der Waals surface area contributed by atoms with Crippen molar-refractivity contribution in [2.24, 2.45) is 0 Å². The highest BCUT2D eigenvalue weighted by Gasteiger charge is 2.25. The van der Waals surface area contributed by atoms with Gasteiger partial charge in [-0.05, 0) is 30.7 Å². The number of hydrogen-bond acceptors (Lipinski definition) is 3. The zero-order valence-corrected chi connectivity index (χ0v) is 11.3. The van der Waals surface area contributed by atoms with E-state index in [1.807, 2.05) is 10.9 Å². The van der Waals surface area contributed by atoms with Crippen molar-refractivity contribution in [1.82, 2.24) is 9.78 Å². The van der Waals surface area contributed by atoms with E-state index in [-0.39, 0.29) is 6.04 Å². The summed E-state index contributed by atoms with van der Waals surface area (Å²) in [4.78, 5) is 0. The standard InChI is InChI=1S/C12H20N2O2S/c1-3-10(2)11-8-13-14(9-11)12-4-6-17(15,16)7-5-12/h8-10,12H,3-7H2,1-2H3/t10-/m1/s1. The molecular weight excluding hydrogens is 236 g/mol. The summed E-state index contributed by atoms with van der Waals surface area (Å²) in [5.74, 6) is 1.13. The maximum absolute atomic E-state index is 11.4. The molecule has 0 unspecified atom stereocenters. The molecule has 1 aliphatic heterocycles. The fourth-order valence-corrected chi connectivity index (χ4v) is 3.65. The average Bonchev–Trinajstić information content (AvgIpc) is 2.77. The second-order valence-electron chi connectivity index (χ2n) is 4.95. The van der Waals surface area contributed by atoms with Crippen LogP contribution >= 0.6 is 0 Å². The molecule has 1 aromatic rings. The number of aromatic nitrogens is 2. The number of nitrogens with zero attached hydrogens (tertiary/aromatic N) is 2. The van der Waals surface area contributed by atoms with Crippen molar-refractivity contribution < 1.29 is 8.42 Å². The van der Waals surface area contributed by atoms with E-state index in [1.165, 1.54) is 5.56 Å². The summed E-state index contributed by atoms with van der Waals surface area (Å²) in [6, 6.07) is 0.260. The minimum Gasteiger partial charge on any atom is -0.269 e. The van der Waals surface area contributed by atoms with Crippen molar-refractivity contribution in [2.75, 3.05) is 11.5 Å². The van der Waals surface area contributed by atoms with E-state index in [0.717, 1.165) is 6.42 Å². The Morgan fingerprint density at radius 3 is 2.71 bits per heavy atom. The zero-order valence-electron chi connectivity index (χ0n) is 10.5. The Morgan fingerprint density at radius 1 is 1.47 bits per heavy atom. The topological polar surface area (TPSA) is 52.0 Å².